The van der Waals surface area contributed by atoms with Crippen molar-refractivity contribution in [1.82, 2.24) is 34.6 Å². The second-order valence-electron chi connectivity index (χ2n) is 8.56. The number of aromatic nitrogens is 6. The fraction of sp³-hybridized carbons (Fsp3) is 0.583. The number of nitrogens with zero attached hydrogens (tertiary/aromatic N) is 8. The van der Waals surface area contributed by atoms with E-state index in [9.17, 15) is 26.3 Å². The fourth-order valence-corrected chi connectivity index (χ4v) is 3.62. The van der Waals surface area contributed by atoms with Gasteiger partial charge >= 0.3 is 18.3 Å². The Balaban J connectivity index is 0.000000782. The molecule has 0 aromatic carbocycles. The van der Waals surface area contributed by atoms with Crippen LogP contribution in [0, 0.1) is 0 Å². The molecule has 0 aliphatic carbocycles. The molecule has 12 nitrogen and oxygen atoms in total. The molecular formula is C24H33F6N9O3. The first-order valence-corrected chi connectivity index (χ1v) is 13.0. The van der Waals surface area contributed by atoms with Gasteiger partial charge < -0.3 is 20.1 Å². The van der Waals surface area contributed by atoms with Crippen LogP contribution in [-0.4, -0.2) is 97.4 Å². The van der Waals surface area contributed by atoms with Gasteiger partial charge in [0.05, 0.1) is 13.2 Å². The number of anilines is 3. The highest BCUT2D eigenvalue weighted by Gasteiger charge is 2.38. The van der Waals surface area contributed by atoms with Crippen LogP contribution in [0.4, 0.5) is 43.9 Å². The maximum absolute atomic E-state index is 12.6. The standard InChI is InChI=1S/C22H32F3N9O.C2HF3O2/c1-5-32(6-2)13-16-18-19(34(31-16)11-12-35-14-22(23,24)25)20(28-17-9-10-26-15-27-17)30-21(29-18)33(7-3)8-4;3-2(4,5)1(6)7/h9-10,15H,5-8,11-14H2,1-4H3,(H,26,27,28,29,30);(H,6,7). The summed E-state index contributed by atoms with van der Waals surface area (Å²) in [6.45, 7) is 10.4. The molecule has 0 radical (unpaired) electrons. The molecule has 3 aromatic heterocycles. The monoisotopic (exact) mass is 609 g/mol. The number of rotatable bonds is 13. The third-order valence-corrected chi connectivity index (χ3v) is 5.74. The Morgan fingerprint density at radius 3 is 2.19 bits per heavy atom. The van der Waals surface area contributed by atoms with Crippen molar-refractivity contribution in [3.63, 3.8) is 0 Å². The SMILES string of the molecule is CCN(CC)Cc1nn(CCOCC(F)(F)F)c2c(Nc3ccncn3)nc(N(CC)CC)nc12.O=C(O)C(F)(F)F. The van der Waals surface area contributed by atoms with Crippen LogP contribution in [-0.2, 0) is 22.6 Å². The van der Waals surface area contributed by atoms with E-state index in [1.165, 1.54) is 6.33 Å². The number of halogens is 6. The van der Waals surface area contributed by atoms with E-state index in [-0.39, 0.29) is 13.2 Å². The second kappa shape index (κ2) is 15.4. The number of alkyl halides is 6. The van der Waals surface area contributed by atoms with Crippen LogP contribution in [0.2, 0.25) is 0 Å². The van der Waals surface area contributed by atoms with E-state index in [0.717, 1.165) is 18.8 Å². The number of carboxylic acids is 1. The summed E-state index contributed by atoms with van der Waals surface area (Å²) in [5.74, 6) is -1.23. The molecule has 18 heteroatoms. The molecule has 0 saturated heterocycles. The summed E-state index contributed by atoms with van der Waals surface area (Å²) in [6, 6.07) is 1.70. The molecule has 0 aliphatic rings. The second-order valence-corrected chi connectivity index (χ2v) is 8.56. The maximum Gasteiger partial charge on any atom is 0.490 e. The molecule has 0 spiro atoms. The van der Waals surface area contributed by atoms with Gasteiger partial charge in [0.25, 0.3) is 0 Å². The van der Waals surface area contributed by atoms with Gasteiger partial charge in [0.1, 0.15) is 35.5 Å². The number of aliphatic carboxylic acids is 1. The topological polar surface area (TPSA) is 134 Å². The average molecular weight is 610 g/mol. The zero-order chi connectivity index (χ0) is 31.5. The lowest BCUT2D eigenvalue weighted by atomic mass is 10.3. The first-order valence-electron chi connectivity index (χ1n) is 13.0. The lowest BCUT2D eigenvalue weighted by Crippen LogP contribution is -2.25. The lowest BCUT2D eigenvalue weighted by molar-refractivity contribution is -0.192. The Hall–Kier alpha value is -3.80. The van der Waals surface area contributed by atoms with E-state index in [1.807, 2.05) is 18.7 Å². The van der Waals surface area contributed by atoms with E-state index < -0.39 is 24.9 Å². The molecule has 42 heavy (non-hydrogen) atoms. The van der Waals surface area contributed by atoms with Gasteiger partial charge in [-0.05, 0) is 33.0 Å². The molecule has 2 N–H and O–H groups in total. The summed E-state index contributed by atoms with van der Waals surface area (Å²) < 4.78 is 75.9. The molecule has 0 aliphatic heterocycles. The minimum absolute atomic E-state index is 0.108. The Kier molecular flexibility index (Phi) is 12.6. The van der Waals surface area contributed by atoms with Crippen LogP contribution in [0.25, 0.3) is 11.0 Å². The van der Waals surface area contributed by atoms with Crippen LogP contribution in [0.3, 0.4) is 0 Å². The van der Waals surface area contributed by atoms with Crippen molar-refractivity contribution >= 4 is 34.6 Å². The lowest BCUT2D eigenvalue weighted by Gasteiger charge is -2.20. The molecule has 0 bridgehead atoms. The summed E-state index contributed by atoms with van der Waals surface area (Å²) in [5.41, 5.74) is 1.94. The highest BCUT2D eigenvalue weighted by atomic mass is 19.4. The minimum Gasteiger partial charge on any atom is -0.475 e. The predicted molar refractivity (Wildman–Crippen MR) is 141 cm³/mol. The van der Waals surface area contributed by atoms with Crippen LogP contribution >= 0.6 is 0 Å². The summed E-state index contributed by atoms with van der Waals surface area (Å²) in [4.78, 5) is 30.9. The molecular weight excluding hydrogens is 576 g/mol. The predicted octanol–water partition coefficient (Wildman–Crippen LogP) is 4.26. The molecule has 0 atom stereocenters. The molecule has 0 saturated carbocycles. The Bertz CT molecular complexity index is 1260. The van der Waals surface area contributed by atoms with Gasteiger partial charge in [-0.1, -0.05) is 13.8 Å². The number of ether oxygens (including phenoxy) is 1. The third kappa shape index (κ3) is 10.2. The maximum atomic E-state index is 12.6. The first-order chi connectivity index (χ1) is 19.7. The molecule has 3 rings (SSSR count). The molecule has 234 valence electrons. The van der Waals surface area contributed by atoms with Crippen molar-refractivity contribution < 1.29 is 41.0 Å². The van der Waals surface area contributed by atoms with E-state index in [0.29, 0.717) is 48.3 Å². The Morgan fingerprint density at radius 2 is 1.69 bits per heavy atom. The van der Waals surface area contributed by atoms with Crippen molar-refractivity contribution in [3.8, 4) is 0 Å². The van der Waals surface area contributed by atoms with Gasteiger partial charge in [-0.15, -0.1) is 0 Å². The van der Waals surface area contributed by atoms with Gasteiger partial charge in [0.2, 0.25) is 5.95 Å². The first kappa shape index (κ1) is 34.4. The van der Waals surface area contributed by atoms with Gasteiger partial charge in [-0.25, -0.2) is 19.7 Å². The Labute approximate surface area is 237 Å². The number of fused-ring (bicyclic) bond motifs is 1. The number of hydrogen-bond acceptors (Lipinski definition) is 10. The zero-order valence-corrected chi connectivity index (χ0v) is 23.5. The number of carbonyl (C=O) groups is 1. The van der Waals surface area contributed by atoms with Gasteiger partial charge in [0.15, 0.2) is 5.82 Å². The van der Waals surface area contributed by atoms with Crippen molar-refractivity contribution in [2.24, 2.45) is 0 Å². The number of hydrogen-bond donors (Lipinski definition) is 2. The van der Waals surface area contributed by atoms with E-state index >= 15 is 0 Å². The zero-order valence-electron chi connectivity index (χ0n) is 23.5. The molecule has 3 aromatic rings. The summed E-state index contributed by atoms with van der Waals surface area (Å²) in [5, 5.41) is 15.1. The number of nitrogens with one attached hydrogen (secondary N) is 1. The van der Waals surface area contributed by atoms with Crippen LogP contribution in [0.5, 0.6) is 0 Å². The van der Waals surface area contributed by atoms with Gasteiger partial charge in [-0.3, -0.25) is 9.58 Å². The van der Waals surface area contributed by atoms with Crippen molar-refractivity contribution in [1.29, 1.82) is 0 Å². The summed E-state index contributed by atoms with van der Waals surface area (Å²) in [7, 11) is 0. The van der Waals surface area contributed by atoms with E-state index in [1.54, 1.807) is 16.9 Å². The van der Waals surface area contributed by atoms with Crippen LogP contribution in [0.15, 0.2) is 18.6 Å². The van der Waals surface area contributed by atoms with Gasteiger partial charge in [-0.2, -0.15) is 36.4 Å². The van der Waals surface area contributed by atoms with Crippen LogP contribution < -0.4 is 10.2 Å². The highest BCUT2D eigenvalue weighted by Crippen LogP contribution is 2.29. The van der Waals surface area contributed by atoms with E-state index in [2.05, 4.69) is 34.0 Å². The normalized spacial score (nSPS) is 11.9. The molecule has 3 heterocycles. The van der Waals surface area contributed by atoms with Crippen molar-refractivity contribution in [3.05, 3.63) is 24.3 Å². The summed E-state index contributed by atoms with van der Waals surface area (Å²) >= 11 is 0. The molecule has 0 amide bonds. The fourth-order valence-electron chi connectivity index (χ4n) is 3.62. The number of carboxylic acid groups (broad SMARTS) is 1. The minimum atomic E-state index is -5.08. The highest BCUT2D eigenvalue weighted by molar-refractivity contribution is 5.90. The van der Waals surface area contributed by atoms with Crippen molar-refractivity contribution in [2.75, 3.05) is 49.6 Å². The molecule has 0 fully saturated rings. The molecule has 0 unspecified atom stereocenters. The quantitative estimate of drug-likeness (QED) is 0.213. The van der Waals surface area contributed by atoms with Gasteiger partial charge in [0, 0.05) is 25.8 Å². The largest absolute Gasteiger partial charge is 0.490 e. The van der Waals surface area contributed by atoms with E-state index in [4.69, 9.17) is 29.7 Å². The van der Waals surface area contributed by atoms with Crippen LogP contribution in [0.1, 0.15) is 33.4 Å². The Morgan fingerprint density at radius 1 is 1.05 bits per heavy atom. The summed E-state index contributed by atoms with van der Waals surface area (Å²) in [6.07, 6.45) is -6.45. The average Bonchev–Trinajstić information content (AvgIpc) is 3.27. The third-order valence-electron chi connectivity index (χ3n) is 5.74. The smallest absolute Gasteiger partial charge is 0.475 e. The van der Waals surface area contributed by atoms with Crippen molar-refractivity contribution in [2.45, 2.75) is 53.1 Å².